The van der Waals surface area contributed by atoms with Crippen LogP contribution in [0, 0.1) is 6.92 Å². The number of nitrogens with one attached hydrogen (secondary N) is 2. The maximum absolute atomic E-state index is 13.2. The number of aryl methyl sites for hydroxylation is 2. The van der Waals surface area contributed by atoms with Crippen LogP contribution in [0.25, 0.3) is 0 Å². The summed E-state index contributed by atoms with van der Waals surface area (Å²) in [6.07, 6.45) is 6.32. The van der Waals surface area contributed by atoms with E-state index in [0.29, 0.717) is 55.1 Å². The molecule has 1 saturated carbocycles. The van der Waals surface area contributed by atoms with E-state index >= 15 is 0 Å². The van der Waals surface area contributed by atoms with Gasteiger partial charge in [0.05, 0.1) is 16.2 Å². The number of aromatic nitrogens is 2. The summed E-state index contributed by atoms with van der Waals surface area (Å²) >= 11 is 0. The molecule has 0 atom stereocenters. The molecule has 1 aromatic heterocycles. The van der Waals surface area contributed by atoms with Gasteiger partial charge in [0.15, 0.2) is 11.5 Å². The fraction of sp³-hybridized carbons (Fsp3) is 0.577. The molecular weight excluding hydrogens is 492 g/mol. The number of piperidine rings is 1. The summed E-state index contributed by atoms with van der Waals surface area (Å²) in [7, 11) is -3.57. The highest BCUT2D eigenvalue weighted by atomic mass is 32.2. The smallest absolute Gasteiger partial charge is 0.271 e. The number of nitrogens with zero attached hydrogens (tertiary/aromatic N) is 3. The van der Waals surface area contributed by atoms with E-state index in [-0.39, 0.29) is 22.4 Å². The van der Waals surface area contributed by atoms with Gasteiger partial charge in [-0.1, -0.05) is 13.3 Å². The molecule has 0 bridgehead atoms. The summed E-state index contributed by atoms with van der Waals surface area (Å²) in [6, 6.07) is 5.12. The number of rotatable bonds is 8. The Bertz CT molecular complexity index is 1250. The summed E-state index contributed by atoms with van der Waals surface area (Å²) in [6.45, 7) is 6.63. The number of aliphatic hydroxyl groups is 1. The number of anilines is 3. The van der Waals surface area contributed by atoms with E-state index in [2.05, 4.69) is 15.6 Å². The highest BCUT2D eigenvalue weighted by Gasteiger charge is 2.30. The summed E-state index contributed by atoms with van der Waals surface area (Å²) < 4.78 is 27.9. The molecule has 1 aromatic carbocycles. The number of benzene rings is 1. The van der Waals surface area contributed by atoms with Crippen LogP contribution in [-0.4, -0.2) is 58.4 Å². The minimum atomic E-state index is -3.57. The van der Waals surface area contributed by atoms with Gasteiger partial charge in [0.25, 0.3) is 5.91 Å². The van der Waals surface area contributed by atoms with Crippen LogP contribution in [0.5, 0.6) is 0 Å². The van der Waals surface area contributed by atoms with Gasteiger partial charge in [-0.25, -0.2) is 18.4 Å². The first-order chi connectivity index (χ1) is 17.5. The van der Waals surface area contributed by atoms with Crippen molar-refractivity contribution in [3.05, 3.63) is 35.2 Å². The molecule has 0 radical (unpaired) electrons. The molecule has 1 amide bonds. The number of carbonyl (C=O) groups excluding carboxylic acids is 1. The minimum absolute atomic E-state index is 0.0247. The van der Waals surface area contributed by atoms with Gasteiger partial charge < -0.3 is 21.5 Å². The summed E-state index contributed by atoms with van der Waals surface area (Å²) in [4.78, 5) is 21.7. The zero-order chi connectivity index (χ0) is 26.8. The Morgan fingerprint density at radius 2 is 1.84 bits per heavy atom. The Morgan fingerprint density at radius 3 is 2.43 bits per heavy atom. The number of primary amides is 1. The first-order valence-electron chi connectivity index (χ1n) is 13.1. The normalized spacial score (nSPS) is 23.0. The van der Waals surface area contributed by atoms with Crippen molar-refractivity contribution in [2.24, 2.45) is 5.73 Å². The molecule has 37 heavy (non-hydrogen) atoms. The molecule has 2 fully saturated rings. The van der Waals surface area contributed by atoms with Crippen LogP contribution < -0.4 is 16.4 Å². The quantitative estimate of drug-likeness (QED) is 0.405. The highest BCUT2D eigenvalue weighted by molar-refractivity contribution is 7.89. The monoisotopic (exact) mass is 530 g/mol. The van der Waals surface area contributed by atoms with Crippen molar-refractivity contribution in [1.29, 1.82) is 0 Å². The van der Waals surface area contributed by atoms with Crippen LogP contribution in [0.1, 0.15) is 80.5 Å². The third-order valence-electron chi connectivity index (χ3n) is 7.31. The van der Waals surface area contributed by atoms with Crippen LogP contribution in [-0.2, 0) is 16.4 Å². The van der Waals surface area contributed by atoms with Crippen molar-refractivity contribution in [2.75, 3.05) is 23.7 Å². The third-order valence-corrected chi connectivity index (χ3v) is 9.37. The second-order valence-electron chi connectivity index (χ2n) is 10.4. The lowest BCUT2D eigenvalue weighted by Crippen LogP contribution is -2.36. The van der Waals surface area contributed by atoms with Crippen molar-refractivity contribution in [3.63, 3.8) is 0 Å². The molecule has 202 valence electrons. The van der Waals surface area contributed by atoms with Crippen molar-refractivity contribution in [1.82, 2.24) is 14.3 Å². The van der Waals surface area contributed by atoms with Crippen LogP contribution >= 0.6 is 0 Å². The van der Waals surface area contributed by atoms with Gasteiger partial charge in [0.1, 0.15) is 5.82 Å². The molecule has 0 unspecified atom stereocenters. The maximum atomic E-state index is 13.2. The number of amides is 1. The molecular formula is C26H38N6O4S. The predicted octanol–water partition coefficient (Wildman–Crippen LogP) is 3.47. The molecule has 1 aliphatic carbocycles. The van der Waals surface area contributed by atoms with Gasteiger partial charge in [-0.05, 0) is 82.6 Å². The van der Waals surface area contributed by atoms with Crippen LogP contribution in [0.2, 0.25) is 0 Å². The number of nitrogens with two attached hydrogens (primary N) is 1. The van der Waals surface area contributed by atoms with Crippen molar-refractivity contribution in [2.45, 2.75) is 88.7 Å². The van der Waals surface area contributed by atoms with Gasteiger partial charge in [0, 0.05) is 24.8 Å². The van der Waals surface area contributed by atoms with Crippen LogP contribution in [0.4, 0.5) is 17.3 Å². The van der Waals surface area contributed by atoms with Gasteiger partial charge >= 0.3 is 0 Å². The van der Waals surface area contributed by atoms with Crippen LogP contribution in [0.3, 0.4) is 0 Å². The average molecular weight is 531 g/mol. The Kier molecular flexibility index (Phi) is 8.05. The third kappa shape index (κ3) is 6.22. The number of hydrogen-bond donors (Lipinski definition) is 4. The molecule has 2 aromatic rings. The topological polar surface area (TPSA) is 151 Å². The fourth-order valence-corrected chi connectivity index (χ4v) is 6.79. The average Bonchev–Trinajstić information content (AvgIpc) is 2.85. The number of sulfonamides is 1. The lowest BCUT2D eigenvalue weighted by Gasteiger charge is -2.34. The van der Waals surface area contributed by atoms with Crippen molar-refractivity contribution >= 4 is 33.3 Å². The van der Waals surface area contributed by atoms with Crippen molar-refractivity contribution < 1.29 is 18.3 Å². The van der Waals surface area contributed by atoms with Crippen LogP contribution in [0.15, 0.2) is 23.1 Å². The largest absolute Gasteiger partial charge is 0.390 e. The van der Waals surface area contributed by atoms with Gasteiger partial charge in [-0.3, -0.25) is 4.79 Å². The molecule has 0 spiro atoms. The fourth-order valence-electron chi connectivity index (χ4n) is 5.07. The lowest BCUT2D eigenvalue weighted by molar-refractivity contribution is 0.0196. The number of carbonyl (C=O) groups is 1. The summed E-state index contributed by atoms with van der Waals surface area (Å²) in [5, 5.41) is 16.9. The zero-order valence-corrected chi connectivity index (χ0v) is 22.7. The molecule has 4 rings (SSSR count). The Balaban J connectivity index is 1.60. The Hall–Kier alpha value is -2.76. The van der Waals surface area contributed by atoms with Crippen molar-refractivity contribution in [3.8, 4) is 0 Å². The van der Waals surface area contributed by atoms with E-state index in [4.69, 9.17) is 10.7 Å². The van der Waals surface area contributed by atoms with Gasteiger partial charge in [0.2, 0.25) is 10.0 Å². The first-order valence-corrected chi connectivity index (χ1v) is 14.5. The van der Waals surface area contributed by atoms with Gasteiger partial charge in [-0.15, -0.1) is 0 Å². The van der Waals surface area contributed by atoms with E-state index in [1.54, 1.807) is 29.4 Å². The zero-order valence-electron chi connectivity index (χ0n) is 21.9. The highest BCUT2D eigenvalue weighted by Crippen LogP contribution is 2.31. The Labute approximate surface area is 219 Å². The molecule has 2 heterocycles. The standard InChI is InChI=1S/C26H38N6O4S/c1-4-20-24(28-18-10-12-26(3,34)13-11-18)31-25(22(30-20)23(27)33)29-19-8-9-21(17(2)16-19)37(35,36)32-14-6-5-7-15-32/h8-9,16,18,34H,4-7,10-15H2,1-3H3,(H2,27,33)(H2,28,29,31). The van der Waals surface area contributed by atoms with Gasteiger partial charge in [-0.2, -0.15) is 4.31 Å². The molecule has 1 saturated heterocycles. The predicted molar refractivity (Wildman–Crippen MR) is 144 cm³/mol. The Morgan fingerprint density at radius 1 is 1.16 bits per heavy atom. The van der Waals surface area contributed by atoms with E-state index < -0.39 is 21.5 Å². The van der Waals surface area contributed by atoms with E-state index in [9.17, 15) is 18.3 Å². The minimum Gasteiger partial charge on any atom is -0.390 e. The summed E-state index contributed by atoms with van der Waals surface area (Å²) in [5.74, 6) is 0.0783. The molecule has 10 nitrogen and oxygen atoms in total. The molecule has 1 aliphatic heterocycles. The lowest BCUT2D eigenvalue weighted by atomic mass is 9.83. The number of hydrogen-bond acceptors (Lipinski definition) is 8. The molecule has 2 aliphatic rings. The SMILES string of the molecule is CCc1nc(C(N)=O)c(Nc2ccc(S(=O)(=O)N3CCCCC3)c(C)c2)nc1NC1CCC(C)(O)CC1. The van der Waals surface area contributed by atoms with E-state index in [1.165, 1.54) is 0 Å². The summed E-state index contributed by atoms with van der Waals surface area (Å²) in [5.41, 5.74) is 6.83. The first kappa shape index (κ1) is 27.3. The molecule has 5 N–H and O–H groups in total. The second kappa shape index (κ2) is 10.9. The maximum Gasteiger partial charge on any atom is 0.271 e. The van der Waals surface area contributed by atoms with E-state index in [1.807, 2.05) is 13.8 Å². The van der Waals surface area contributed by atoms with E-state index in [0.717, 1.165) is 32.1 Å². The molecule has 11 heteroatoms. The second-order valence-corrected chi connectivity index (χ2v) is 12.3.